The molecule has 0 heterocycles. The smallest absolute Gasteiger partial charge is 0.265 e. The number of nitrogens with one attached hydrogen (secondary N) is 1. The van der Waals surface area contributed by atoms with Crippen molar-refractivity contribution in [3.05, 3.63) is 0 Å². The zero-order valence-corrected chi connectivity index (χ0v) is 7.24. The molecule has 8 nitrogen and oxygen atoms in total. The Balaban J connectivity index is 4.30. The van der Waals surface area contributed by atoms with Gasteiger partial charge in [0.2, 0.25) is 0 Å². The molecule has 0 saturated carbocycles. The summed E-state index contributed by atoms with van der Waals surface area (Å²) in [6.07, 6.45) is -7.39. The maximum Gasteiger partial charge on any atom is 0.265 e. The summed E-state index contributed by atoms with van der Waals surface area (Å²) in [5, 5.41) is 44.4. The van der Waals surface area contributed by atoms with Gasteiger partial charge in [0.1, 0.15) is 18.3 Å². The van der Waals surface area contributed by atoms with Crippen LogP contribution in [0.2, 0.25) is 0 Å². The minimum atomic E-state index is -1.98. The van der Waals surface area contributed by atoms with E-state index in [2.05, 4.69) is 5.84 Å². The Hall–Kier alpha value is -0.770. The van der Waals surface area contributed by atoms with Crippen LogP contribution in [0, 0.1) is 0 Å². The van der Waals surface area contributed by atoms with E-state index in [0.29, 0.717) is 0 Å². The molecule has 0 fully saturated rings. The van der Waals surface area contributed by atoms with Crippen LogP contribution < -0.4 is 11.3 Å². The highest BCUT2D eigenvalue weighted by Crippen LogP contribution is 2.04. The number of hydrogen-bond donors (Lipinski definition) is 7. The average Bonchev–Trinajstić information content (AvgIpc) is 2.23. The molecule has 8 N–H and O–H groups in total. The highest BCUT2D eigenvalue weighted by atomic mass is 16.4. The summed E-state index contributed by atoms with van der Waals surface area (Å²) in [4.78, 5) is 10.7. The predicted molar refractivity (Wildman–Crippen MR) is 43.4 cm³/mol. The topological polar surface area (TPSA) is 156 Å². The summed E-state index contributed by atoms with van der Waals surface area (Å²) in [6.45, 7) is -0.810. The van der Waals surface area contributed by atoms with Crippen molar-refractivity contribution in [3.8, 4) is 0 Å². The molecule has 4 atom stereocenters. The number of aliphatic hydroxyl groups is 5. The van der Waals surface area contributed by atoms with Crippen LogP contribution in [-0.4, -0.2) is 62.5 Å². The van der Waals surface area contributed by atoms with Gasteiger partial charge in [0.05, 0.1) is 6.61 Å². The van der Waals surface area contributed by atoms with Crippen molar-refractivity contribution < 1.29 is 30.3 Å². The second-order valence-electron chi connectivity index (χ2n) is 2.68. The van der Waals surface area contributed by atoms with Gasteiger partial charge in [-0.25, -0.2) is 5.84 Å². The maximum absolute atomic E-state index is 10.7. The van der Waals surface area contributed by atoms with Crippen LogP contribution in [0.3, 0.4) is 0 Å². The predicted octanol–water partition coefficient (Wildman–Crippen LogP) is -4.59. The molecule has 14 heavy (non-hydrogen) atoms. The molecule has 0 aromatic heterocycles. The van der Waals surface area contributed by atoms with Crippen LogP contribution in [0.4, 0.5) is 0 Å². The van der Waals surface area contributed by atoms with E-state index >= 15 is 0 Å². The van der Waals surface area contributed by atoms with Crippen LogP contribution in [0.25, 0.3) is 0 Å². The van der Waals surface area contributed by atoms with E-state index < -0.39 is 36.9 Å². The molecule has 1 amide bonds. The number of carbonyl (C=O) groups excluding carboxylic acids is 1. The van der Waals surface area contributed by atoms with Gasteiger partial charge in [-0.2, -0.15) is 0 Å². The maximum atomic E-state index is 10.7. The number of carbonyl (C=O) groups is 1. The van der Waals surface area contributed by atoms with Gasteiger partial charge in [0.25, 0.3) is 5.91 Å². The molecule has 0 aromatic carbocycles. The average molecular weight is 210 g/mol. The van der Waals surface area contributed by atoms with Crippen molar-refractivity contribution in [2.75, 3.05) is 6.61 Å². The van der Waals surface area contributed by atoms with Gasteiger partial charge in [-0.05, 0) is 0 Å². The van der Waals surface area contributed by atoms with E-state index in [1.54, 1.807) is 5.43 Å². The number of nitrogens with two attached hydrogens (primary N) is 1. The van der Waals surface area contributed by atoms with E-state index in [1.165, 1.54) is 0 Å². The number of amides is 1. The zero-order valence-electron chi connectivity index (χ0n) is 7.24. The summed E-state index contributed by atoms with van der Waals surface area (Å²) >= 11 is 0. The fourth-order valence-electron chi connectivity index (χ4n) is 0.763. The first-order valence-electron chi connectivity index (χ1n) is 3.79. The lowest BCUT2D eigenvalue weighted by molar-refractivity contribution is -0.148. The molecular weight excluding hydrogens is 196 g/mol. The first-order chi connectivity index (χ1) is 6.45. The lowest BCUT2D eigenvalue weighted by atomic mass is 10.0. The molecule has 0 unspecified atom stereocenters. The molecule has 8 heteroatoms. The van der Waals surface area contributed by atoms with Crippen LogP contribution >= 0.6 is 0 Å². The monoisotopic (exact) mass is 210 g/mol. The highest BCUT2D eigenvalue weighted by molar-refractivity contribution is 5.80. The Labute approximate surface area is 79.6 Å². The van der Waals surface area contributed by atoms with E-state index in [-0.39, 0.29) is 0 Å². The number of hydrogen-bond acceptors (Lipinski definition) is 7. The fraction of sp³-hybridized carbons (Fsp3) is 0.833. The standard InChI is InChI=1S/C6H14N2O6/c7-8-6(14)5(13)4(12)3(11)2(10)1-9/h2-5,9-13H,1,7H2,(H,8,14)/t2-,3-,4+,5-/m1/s1. The number of rotatable bonds is 5. The summed E-state index contributed by atoms with van der Waals surface area (Å²) in [5.74, 6) is 3.55. The third kappa shape index (κ3) is 3.18. The fourth-order valence-corrected chi connectivity index (χ4v) is 0.763. The van der Waals surface area contributed by atoms with E-state index in [4.69, 9.17) is 25.5 Å². The lowest BCUT2D eigenvalue weighted by Crippen LogP contribution is -2.52. The second-order valence-corrected chi connectivity index (χ2v) is 2.68. The van der Waals surface area contributed by atoms with Gasteiger partial charge in [-0.3, -0.25) is 10.2 Å². The van der Waals surface area contributed by atoms with Crippen molar-refractivity contribution in [1.82, 2.24) is 5.43 Å². The Morgan fingerprint density at radius 1 is 1.21 bits per heavy atom. The van der Waals surface area contributed by atoms with Gasteiger partial charge in [0.15, 0.2) is 6.10 Å². The lowest BCUT2D eigenvalue weighted by Gasteiger charge is -2.24. The largest absolute Gasteiger partial charge is 0.394 e. The van der Waals surface area contributed by atoms with Crippen LogP contribution in [0.15, 0.2) is 0 Å². The molecule has 0 spiro atoms. The third-order valence-electron chi connectivity index (χ3n) is 1.67. The van der Waals surface area contributed by atoms with Gasteiger partial charge in [0, 0.05) is 0 Å². The Morgan fingerprint density at radius 2 is 1.71 bits per heavy atom. The molecule has 0 rings (SSSR count). The molecule has 0 aliphatic rings. The molecule has 84 valence electrons. The molecule has 0 aliphatic heterocycles. The van der Waals surface area contributed by atoms with Gasteiger partial charge in [-0.1, -0.05) is 0 Å². The number of aliphatic hydroxyl groups excluding tert-OH is 5. The SMILES string of the molecule is NNC(=O)[C@H](O)[C@@H](O)[C@H](O)[C@H](O)CO. The van der Waals surface area contributed by atoms with Gasteiger partial charge < -0.3 is 25.5 Å². The van der Waals surface area contributed by atoms with E-state index in [9.17, 15) is 4.79 Å². The van der Waals surface area contributed by atoms with Crippen molar-refractivity contribution in [2.24, 2.45) is 5.84 Å². The third-order valence-corrected chi connectivity index (χ3v) is 1.67. The van der Waals surface area contributed by atoms with Gasteiger partial charge >= 0.3 is 0 Å². The Kier molecular flexibility index (Phi) is 5.53. The molecule has 0 aromatic rings. The summed E-state index contributed by atoms with van der Waals surface area (Å²) in [6, 6.07) is 0. The molecule has 0 aliphatic carbocycles. The van der Waals surface area contributed by atoms with E-state index in [0.717, 1.165) is 0 Å². The summed E-state index contributed by atoms with van der Waals surface area (Å²) in [7, 11) is 0. The van der Waals surface area contributed by atoms with E-state index in [1.807, 2.05) is 0 Å². The van der Waals surface area contributed by atoms with Crippen LogP contribution in [0.1, 0.15) is 0 Å². The van der Waals surface area contributed by atoms with Crippen molar-refractivity contribution >= 4 is 5.91 Å². The highest BCUT2D eigenvalue weighted by Gasteiger charge is 2.33. The van der Waals surface area contributed by atoms with Crippen LogP contribution in [-0.2, 0) is 4.79 Å². The summed E-state index contributed by atoms with van der Waals surface area (Å²) in [5.41, 5.74) is 1.55. The molecule has 0 saturated heterocycles. The normalized spacial score (nSPS) is 19.6. The zero-order chi connectivity index (χ0) is 11.3. The quantitative estimate of drug-likeness (QED) is 0.137. The number of hydrazine groups is 1. The molecular formula is C6H14N2O6. The first kappa shape index (κ1) is 13.2. The molecule has 0 radical (unpaired) electrons. The van der Waals surface area contributed by atoms with Gasteiger partial charge in [-0.15, -0.1) is 0 Å². The first-order valence-corrected chi connectivity index (χ1v) is 3.79. The van der Waals surface area contributed by atoms with Crippen LogP contribution in [0.5, 0.6) is 0 Å². The van der Waals surface area contributed by atoms with Crippen molar-refractivity contribution in [3.63, 3.8) is 0 Å². The Bertz CT molecular complexity index is 189. The van der Waals surface area contributed by atoms with Crippen molar-refractivity contribution in [1.29, 1.82) is 0 Å². The second kappa shape index (κ2) is 5.86. The van der Waals surface area contributed by atoms with Crippen molar-refractivity contribution in [2.45, 2.75) is 24.4 Å². The summed E-state index contributed by atoms with van der Waals surface area (Å²) < 4.78 is 0. The minimum absolute atomic E-state index is 0.810. The molecule has 0 bridgehead atoms. The minimum Gasteiger partial charge on any atom is -0.394 e. The Morgan fingerprint density at radius 3 is 2.07 bits per heavy atom.